The highest BCUT2D eigenvalue weighted by molar-refractivity contribution is 5.80. The third-order valence-electron chi connectivity index (χ3n) is 5.73. The van der Waals surface area contributed by atoms with E-state index in [9.17, 15) is 4.79 Å². The van der Waals surface area contributed by atoms with Crippen molar-refractivity contribution in [1.29, 1.82) is 0 Å². The number of nitrogens with zero attached hydrogens (tertiary/aromatic N) is 2. The van der Waals surface area contributed by atoms with Crippen LogP contribution in [0.15, 0.2) is 36.7 Å². The van der Waals surface area contributed by atoms with E-state index in [0.717, 1.165) is 31.9 Å². The van der Waals surface area contributed by atoms with Gasteiger partial charge in [0.25, 0.3) is 0 Å². The van der Waals surface area contributed by atoms with Crippen LogP contribution < -0.4 is 5.32 Å². The molecule has 146 valence electrons. The molecule has 1 aromatic carbocycles. The Bertz CT molecular complexity index is 758. The minimum absolute atomic E-state index is 0.0351. The third kappa shape index (κ3) is 4.24. The van der Waals surface area contributed by atoms with Crippen molar-refractivity contribution >= 4 is 5.91 Å². The molecule has 0 aliphatic carbocycles. The van der Waals surface area contributed by atoms with Crippen molar-refractivity contribution in [2.45, 2.75) is 57.9 Å². The zero-order valence-corrected chi connectivity index (χ0v) is 16.9. The summed E-state index contributed by atoms with van der Waals surface area (Å²) in [7, 11) is 0. The van der Waals surface area contributed by atoms with Crippen LogP contribution in [-0.2, 0) is 14.9 Å². The van der Waals surface area contributed by atoms with Gasteiger partial charge in [-0.2, -0.15) is 0 Å². The molecule has 1 atom stereocenters. The SMILES string of the molecule is Cc1ccc(C2(CNC(=O)[C@@H](C)n3ccnc3C(C)C)CCOCC2)cc1. The normalized spacial score (nSPS) is 17.7. The van der Waals surface area contributed by atoms with Crippen LogP contribution in [0.4, 0.5) is 0 Å². The molecule has 0 saturated carbocycles. The predicted octanol–water partition coefficient (Wildman–Crippen LogP) is 3.74. The number of benzene rings is 1. The highest BCUT2D eigenvalue weighted by Gasteiger charge is 2.35. The topological polar surface area (TPSA) is 56.2 Å². The first-order valence-electron chi connectivity index (χ1n) is 9.88. The quantitative estimate of drug-likeness (QED) is 0.844. The lowest BCUT2D eigenvalue weighted by Gasteiger charge is -2.38. The van der Waals surface area contributed by atoms with Crippen LogP contribution in [0.2, 0.25) is 0 Å². The molecule has 0 unspecified atom stereocenters. The van der Waals surface area contributed by atoms with Crippen molar-refractivity contribution in [2.75, 3.05) is 19.8 Å². The molecule has 1 aromatic heterocycles. The molecule has 1 aliphatic heterocycles. The van der Waals surface area contributed by atoms with Crippen LogP contribution in [0.5, 0.6) is 0 Å². The van der Waals surface area contributed by atoms with Crippen LogP contribution in [0.3, 0.4) is 0 Å². The monoisotopic (exact) mass is 369 g/mol. The maximum Gasteiger partial charge on any atom is 0.242 e. The van der Waals surface area contributed by atoms with Gasteiger partial charge in [0, 0.05) is 43.5 Å². The average molecular weight is 370 g/mol. The van der Waals surface area contributed by atoms with Crippen molar-refractivity contribution in [2.24, 2.45) is 0 Å². The van der Waals surface area contributed by atoms with E-state index in [1.54, 1.807) is 6.20 Å². The Hall–Kier alpha value is -2.14. The third-order valence-corrected chi connectivity index (χ3v) is 5.73. The van der Waals surface area contributed by atoms with Crippen molar-refractivity contribution in [3.8, 4) is 0 Å². The molecule has 1 amide bonds. The summed E-state index contributed by atoms with van der Waals surface area (Å²) < 4.78 is 7.57. The van der Waals surface area contributed by atoms with E-state index in [1.165, 1.54) is 11.1 Å². The summed E-state index contributed by atoms with van der Waals surface area (Å²) in [6.45, 7) is 10.3. The van der Waals surface area contributed by atoms with Gasteiger partial charge >= 0.3 is 0 Å². The molecule has 3 rings (SSSR count). The standard InChI is InChI=1S/C22H31N3O2/c1-16(2)20-23-11-12-25(20)18(4)21(26)24-15-22(9-13-27-14-10-22)19-7-5-17(3)6-8-19/h5-8,11-12,16,18H,9-10,13-15H2,1-4H3,(H,24,26)/t18-/m1/s1. The maximum absolute atomic E-state index is 12.9. The van der Waals surface area contributed by atoms with E-state index in [4.69, 9.17) is 4.74 Å². The first kappa shape index (κ1) is 19.6. The fraction of sp³-hybridized carbons (Fsp3) is 0.545. The first-order chi connectivity index (χ1) is 12.9. The Morgan fingerprint density at radius 3 is 2.52 bits per heavy atom. The van der Waals surface area contributed by atoms with Gasteiger partial charge < -0.3 is 14.6 Å². The van der Waals surface area contributed by atoms with Crippen molar-refractivity contribution in [1.82, 2.24) is 14.9 Å². The zero-order valence-electron chi connectivity index (χ0n) is 16.9. The Labute approximate surface area is 162 Å². The van der Waals surface area contributed by atoms with Crippen LogP contribution in [-0.4, -0.2) is 35.2 Å². The van der Waals surface area contributed by atoms with Gasteiger partial charge in [0.05, 0.1) is 0 Å². The van der Waals surface area contributed by atoms with Crippen LogP contribution in [0.1, 0.15) is 62.5 Å². The molecule has 2 heterocycles. The summed E-state index contributed by atoms with van der Waals surface area (Å²) in [5.41, 5.74) is 2.48. The predicted molar refractivity (Wildman–Crippen MR) is 107 cm³/mol. The highest BCUT2D eigenvalue weighted by Crippen LogP contribution is 2.34. The summed E-state index contributed by atoms with van der Waals surface area (Å²) in [5, 5.41) is 3.22. The van der Waals surface area contributed by atoms with Gasteiger partial charge in [0.2, 0.25) is 5.91 Å². The number of aryl methyl sites for hydroxylation is 1. The van der Waals surface area contributed by atoms with Gasteiger partial charge in [-0.15, -0.1) is 0 Å². The van der Waals surface area contributed by atoms with Crippen LogP contribution >= 0.6 is 0 Å². The second-order valence-electron chi connectivity index (χ2n) is 8.00. The minimum atomic E-state index is -0.278. The number of hydrogen-bond donors (Lipinski definition) is 1. The summed E-state index contributed by atoms with van der Waals surface area (Å²) in [6, 6.07) is 8.42. The lowest BCUT2D eigenvalue weighted by molar-refractivity contribution is -0.124. The molecule has 0 spiro atoms. The largest absolute Gasteiger partial charge is 0.381 e. The Balaban J connectivity index is 1.74. The fourth-order valence-electron chi connectivity index (χ4n) is 3.87. The number of carbonyl (C=O) groups is 1. The molecule has 27 heavy (non-hydrogen) atoms. The number of hydrogen-bond acceptors (Lipinski definition) is 3. The van der Waals surface area contributed by atoms with E-state index >= 15 is 0 Å². The van der Waals surface area contributed by atoms with Crippen molar-refractivity contribution < 1.29 is 9.53 Å². The Kier molecular flexibility index (Phi) is 6.00. The minimum Gasteiger partial charge on any atom is -0.381 e. The van der Waals surface area contributed by atoms with Crippen molar-refractivity contribution in [3.63, 3.8) is 0 Å². The first-order valence-corrected chi connectivity index (χ1v) is 9.88. The number of ether oxygens (including phenoxy) is 1. The smallest absolute Gasteiger partial charge is 0.242 e. The molecule has 1 aliphatic rings. The van der Waals surface area contributed by atoms with Gasteiger partial charge in [-0.3, -0.25) is 4.79 Å². The van der Waals surface area contributed by atoms with Crippen molar-refractivity contribution in [3.05, 3.63) is 53.6 Å². The number of imidazole rings is 1. The van der Waals surface area contributed by atoms with E-state index in [1.807, 2.05) is 17.7 Å². The van der Waals surface area contributed by atoms with Crippen LogP contribution in [0.25, 0.3) is 0 Å². The van der Waals surface area contributed by atoms with Gasteiger partial charge in [-0.05, 0) is 32.3 Å². The van der Waals surface area contributed by atoms with E-state index in [2.05, 4.69) is 55.3 Å². The Morgan fingerprint density at radius 1 is 1.22 bits per heavy atom. The number of carbonyl (C=O) groups excluding carboxylic acids is 1. The summed E-state index contributed by atoms with van der Waals surface area (Å²) >= 11 is 0. The van der Waals surface area contributed by atoms with E-state index < -0.39 is 0 Å². The molecule has 1 saturated heterocycles. The second kappa shape index (κ2) is 8.26. The van der Waals surface area contributed by atoms with Gasteiger partial charge in [0.15, 0.2) is 0 Å². The number of amides is 1. The molecule has 1 N–H and O–H groups in total. The molecule has 0 radical (unpaired) electrons. The molecule has 2 aromatic rings. The molecule has 1 fully saturated rings. The fourth-order valence-corrected chi connectivity index (χ4v) is 3.87. The number of rotatable bonds is 6. The lowest BCUT2D eigenvalue weighted by Crippen LogP contribution is -2.46. The van der Waals surface area contributed by atoms with Gasteiger partial charge in [-0.1, -0.05) is 43.7 Å². The lowest BCUT2D eigenvalue weighted by atomic mass is 9.74. The highest BCUT2D eigenvalue weighted by atomic mass is 16.5. The molecule has 0 bridgehead atoms. The second-order valence-corrected chi connectivity index (χ2v) is 8.00. The van der Waals surface area contributed by atoms with Crippen LogP contribution in [0, 0.1) is 6.92 Å². The number of nitrogens with one attached hydrogen (secondary N) is 1. The maximum atomic E-state index is 12.9. The summed E-state index contributed by atoms with van der Waals surface area (Å²) in [6.07, 6.45) is 5.51. The molecule has 5 heteroatoms. The van der Waals surface area contributed by atoms with E-state index in [0.29, 0.717) is 6.54 Å². The average Bonchev–Trinajstić information content (AvgIpc) is 3.17. The zero-order chi connectivity index (χ0) is 19.4. The summed E-state index contributed by atoms with van der Waals surface area (Å²) in [5.74, 6) is 1.26. The van der Waals surface area contributed by atoms with Gasteiger partial charge in [-0.25, -0.2) is 4.98 Å². The molecule has 5 nitrogen and oxygen atoms in total. The Morgan fingerprint density at radius 2 is 1.89 bits per heavy atom. The molecular weight excluding hydrogens is 338 g/mol. The number of aromatic nitrogens is 2. The van der Waals surface area contributed by atoms with E-state index in [-0.39, 0.29) is 23.3 Å². The summed E-state index contributed by atoms with van der Waals surface area (Å²) in [4.78, 5) is 17.3. The molecular formula is C22H31N3O2. The van der Waals surface area contributed by atoms with Gasteiger partial charge in [0.1, 0.15) is 11.9 Å².